The molecule has 0 aromatic carbocycles. The van der Waals surface area contributed by atoms with Crippen molar-refractivity contribution in [3.63, 3.8) is 0 Å². The predicted octanol–water partition coefficient (Wildman–Crippen LogP) is 1.03. The van der Waals surface area contributed by atoms with Crippen LogP contribution in [0.25, 0.3) is 11.2 Å². The number of rotatable bonds is 2. The summed E-state index contributed by atoms with van der Waals surface area (Å²) in [5.74, 6) is 0.533. The van der Waals surface area contributed by atoms with Crippen molar-refractivity contribution in [2.45, 2.75) is 12.5 Å². The zero-order valence-electron chi connectivity index (χ0n) is 11.2. The van der Waals surface area contributed by atoms with Crippen LogP contribution in [-0.2, 0) is 11.8 Å². The van der Waals surface area contributed by atoms with E-state index in [1.165, 1.54) is 0 Å². The fourth-order valence-electron chi connectivity index (χ4n) is 2.41. The molecule has 19 heavy (non-hydrogen) atoms. The molecule has 0 aliphatic carbocycles. The highest BCUT2D eigenvalue weighted by molar-refractivity contribution is 5.76. The average molecular weight is 262 g/mol. The SMILES string of the molecule is COc1cnc2c(C3COCCCN3)cn(C)c2n1. The lowest BCUT2D eigenvalue weighted by atomic mass is 10.1. The van der Waals surface area contributed by atoms with Crippen molar-refractivity contribution in [1.82, 2.24) is 19.9 Å². The Balaban J connectivity index is 2.03. The molecule has 3 heterocycles. The molecule has 0 saturated carbocycles. The van der Waals surface area contributed by atoms with Gasteiger partial charge >= 0.3 is 0 Å². The summed E-state index contributed by atoms with van der Waals surface area (Å²) in [5.41, 5.74) is 2.88. The second kappa shape index (κ2) is 5.14. The maximum atomic E-state index is 5.62. The molecule has 3 rings (SSSR count). The number of methoxy groups -OCH3 is 1. The Labute approximate surface area is 111 Å². The van der Waals surface area contributed by atoms with Crippen LogP contribution in [0.3, 0.4) is 0 Å². The number of hydrogen-bond acceptors (Lipinski definition) is 5. The lowest BCUT2D eigenvalue weighted by Crippen LogP contribution is -2.23. The Morgan fingerprint density at radius 3 is 3.26 bits per heavy atom. The monoisotopic (exact) mass is 262 g/mol. The molecule has 1 unspecified atom stereocenters. The van der Waals surface area contributed by atoms with Gasteiger partial charge in [-0.15, -0.1) is 0 Å². The molecule has 2 aromatic rings. The van der Waals surface area contributed by atoms with Crippen molar-refractivity contribution in [2.75, 3.05) is 26.9 Å². The summed E-state index contributed by atoms with van der Waals surface area (Å²) in [6, 6.07) is 0.175. The number of ether oxygens (including phenoxy) is 2. The van der Waals surface area contributed by atoms with Crippen molar-refractivity contribution in [1.29, 1.82) is 0 Å². The lowest BCUT2D eigenvalue weighted by molar-refractivity contribution is 0.132. The number of aromatic nitrogens is 3. The van der Waals surface area contributed by atoms with E-state index < -0.39 is 0 Å². The zero-order valence-corrected chi connectivity index (χ0v) is 11.2. The van der Waals surface area contributed by atoms with Gasteiger partial charge < -0.3 is 19.4 Å². The molecule has 1 fully saturated rings. The number of aryl methyl sites for hydroxylation is 1. The van der Waals surface area contributed by atoms with Gasteiger partial charge in [0.1, 0.15) is 5.52 Å². The largest absolute Gasteiger partial charge is 0.480 e. The Morgan fingerprint density at radius 1 is 1.53 bits per heavy atom. The van der Waals surface area contributed by atoms with Gasteiger partial charge in [0, 0.05) is 25.4 Å². The van der Waals surface area contributed by atoms with E-state index in [-0.39, 0.29) is 6.04 Å². The number of nitrogens with zero attached hydrogens (tertiary/aromatic N) is 3. The second-order valence-corrected chi connectivity index (χ2v) is 4.72. The summed E-state index contributed by atoms with van der Waals surface area (Å²) in [7, 11) is 3.57. The standard InChI is InChI=1S/C13H18N4O2/c1-17-7-9(10-8-19-5-3-4-14-10)12-13(17)16-11(18-2)6-15-12/h6-7,10,14H,3-5,8H2,1-2H3. The Bertz CT molecular complexity index is 573. The third-order valence-corrected chi connectivity index (χ3v) is 3.40. The summed E-state index contributed by atoms with van der Waals surface area (Å²) in [5, 5.41) is 3.49. The maximum Gasteiger partial charge on any atom is 0.234 e. The number of fused-ring (bicyclic) bond motifs is 1. The first-order valence-corrected chi connectivity index (χ1v) is 6.46. The van der Waals surface area contributed by atoms with Crippen LogP contribution in [0.4, 0.5) is 0 Å². The van der Waals surface area contributed by atoms with Crippen molar-refractivity contribution in [3.05, 3.63) is 18.0 Å². The van der Waals surface area contributed by atoms with Crippen molar-refractivity contribution in [3.8, 4) is 5.88 Å². The van der Waals surface area contributed by atoms with Crippen LogP contribution in [0.5, 0.6) is 5.88 Å². The molecule has 1 atom stereocenters. The van der Waals surface area contributed by atoms with Gasteiger partial charge in [-0.05, 0) is 13.0 Å². The van der Waals surface area contributed by atoms with Crippen LogP contribution in [-0.4, -0.2) is 41.4 Å². The molecule has 0 spiro atoms. The number of hydrogen-bond donors (Lipinski definition) is 1. The normalized spacial score (nSPS) is 20.4. The zero-order chi connectivity index (χ0) is 13.2. The third kappa shape index (κ3) is 2.29. The molecule has 1 saturated heterocycles. The van der Waals surface area contributed by atoms with E-state index in [9.17, 15) is 0 Å². The van der Waals surface area contributed by atoms with Gasteiger partial charge in [-0.2, -0.15) is 4.98 Å². The minimum atomic E-state index is 0.175. The summed E-state index contributed by atoms with van der Waals surface area (Å²) in [4.78, 5) is 8.92. The molecule has 0 bridgehead atoms. The average Bonchev–Trinajstić information content (AvgIpc) is 2.64. The van der Waals surface area contributed by atoms with Gasteiger partial charge in [0.15, 0.2) is 5.65 Å². The summed E-state index contributed by atoms with van der Waals surface area (Å²) >= 11 is 0. The van der Waals surface area contributed by atoms with Crippen LogP contribution in [0.15, 0.2) is 12.4 Å². The van der Waals surface area contributed by atoms with Crippen LogP contribution in [0, 0.1) is 0 Å². The van der Waals surface area contributed by atoms with Gasteiger partial charge in [-0.25, -0.2) is 4.98 Å². The van der Waals surface area contributed by atoms with E-state index in [0.717, 1.165) is 36.3 Å². The van der Waals surface area contributed by atoms with Crippen LogP contribution in [0.2, 0.25) is 0 Å². The van der Waals surface area contributed by atoms with Crippen molar-refractivity contribution >= 4 is 11.2 Å². The van der Waals surface area contributed by atoms with E-state index in [1.807, 2.05) is 11.6 Å². The van der Waals surface area contributed by atoms with Gasteiger partial charge in [-0.3, -0.25) is 0 Å². The Kier molecular flexibility index (Phi) is 3.35. The molecule has 6 heteroatoms. The molecule has 102 valence electrons. The van der Waals surface area contributed by atoms with Crippen molar-refractivity contribution in [2.24, 2.45) is 7.05 Å². The Morgan fingerprint density at radius 2 is 2.42 bits per heavy atom. The molecule has 1 N–H and O–H groups in total. The summed E-state index contributed by atoms with van der Waals surface area (Å²) < 4.78 is 12.7. The summed E-state index contributed by atoms with van der Waals surface area (Å²) in [6.07, 6.45) is 4.76. The smallest absolute Gasteiger partial charge is 0.234 e. The highest BCUT2D eigenvalue weighted by Crippen LogP contribution is 2.25. The number of nitrogens with one attached hydrogen (secondary N) is 1. The van der Waals surface area contributed by atoms with Crippen molar-refractivity contribution < 1.29 is 9.47 Å². The topological polar surface area (TPSA) is 61.2 Å². The van der Waals surface area contributed by atoms with Gasteiger partial charge in [-0.1, -0.05) is 0 Å². The minimum Gasteiger partial charge on any atom is -0.480 e. The van der Waals surface area contributed by atoms with E-state index in [1.54, 1.807) is 13.3 Å². The second-order valence-electron chi connectivity index (χ2n) is 4.72. The third-order valence-electron chi connectivity index (χ3n) is 3.40. The quantitative estimate of drug-likeness (QED) is 0.876. The molecule has 0 amide bonds. The highest BCUT2D eigenvalue weighted by Gasteiger charge is 2.20. The molecule has 1 aliphatic rings. The molecule has 2 aromatic heterocycles. The van der Waals surface area contributed by atoms with E-state index in [4.69, 9.17) is 9.47 Å². The molecule has 6 nitrogen and oxygen atoms in total. The van der Waals surface area contributed by atoms with Crippen LogP contribution in [0.1, 0.15) is 18.0 Å². The van der Waals surface area contributed by atoms with E-state index >= 15 is 0 Å². The minimum absolute atomic E-state index is 0.175. The van der Waals surface area contributed by atoms with Gasteiger partial charge in [0.25, 0.3) is 0 Å². The van der Waals surface area contributed by atoms with E-state index in [2.05, 4.69) is 21.5 Å². The maximum absolute atomic E-state index is 5.62. The molecular weight excluding hydrogens is 244 g/mol. The summed E-state index contributed by atoms with van der Waals surface area (Å²) in [6.45, 7) is 2.45. The molecule has 1 aliphatic heterocycles. The first kappa shape index (κ1) is 12.4. The van der Waals surface area contributed by atoms with Crippen LogP contribution >= 0.6 is 0 Å². The Hall–Kier alpha value is -1.66. The predicted molar refractivity (Wildman–Crippen MR) is 71.2 cm³/mol. The van der Waals surface area contributed by atoms with Gasteiger partial charge in [0.05, 0.1) is 26.0 Å². The molecular formula is C13H18N4O2. The highest BCUT2D eigenvalue weighted by atomic mass is 16.5. The molecule has 0 radical (unpaired) electrons. The lowest BCUT2D eigenvalue weighted by Gasteiger charge is -2.13. The fraction of sp³-hybridized carbons (Fsp3) is 0.538. The fourth-order valence-corrected chi connectivity index (χ4v) is 2.41. The van der Waals surface area contributed by atoms with E-state index in [0.29, 0.717) is 12.5 Å². The van der Waals surface area contributed by atoms with Gasteiger partial charge in [0.2, 0.25) is 5.88 Å². The van der Waals surface area contributed by atoms with Crippen LogP contribution < -0.4 is 10.1 Å². The first-order valence-electron chi connectivity index (χ1n) is 6.46. The first-order chi connectivity index (χ1) is 9.29.